The molecule has 162 valence electrons. The van der Waals surface area contributed by atoms with Gasteiger partial charge in [-0.1, -0.05) is 0 Å². The molecule has 0 aliphatic carbocycles. The van der Waals surface area contributed by atoms with Gasteiger partial charge in [0.2, 0.25) is 5.43 Å². The predicted molar refractivity (Wildman–Crippen MR) is 107 cm³/mol. The molecule has 0 bridgehead atoms. The molecule has 0 unspecified atom stereocenters. The number of phenols is 4. The molecule has 11 nitrogen and oxygen atoms in total. The van der Waals surface area contributed by atoms with E-state index in [2.05, 4.69) is 0 Å². The van der Waals surface area contributed by atoms with Crippen molar-refractivity contribution in [2.24, 2.45) is 0 Å². The summed E-state index contributed by atoms with van der Waals surface area (Å²) in [6, 6.07) is 2.90. The van der Waals surface area contributed by atoms with Crippen molar-refractivity contribution in [3.05, 3.63) is 34.0 Å². The molecule has 1 fully saturated rings. The summed E-state index contributed by atoms with van der Waals surface area (Å²) in [5, 5.41) is 79.4. The zero-order chi connectivity index (χ0) is 21.9. The van der Waals surface area contributed by atoms with Crippen molar-refractivity contribution in [3.63, 3.8) is 0 Å². The second kappa shape index (κ2) is 8.82. The van der Waals surface area contributed by atoms with Gasteiger partial charge in [0.05, 0.1) is 17.6 Å². The Morgan fingerprint density at radius 3 is 2.10 bits per heavy atom. The average molecular weight is 462 g/mol. The second-order valence-electron chi connectivity index (χ2n) is 7.05. The van der Waals surface area contributed by atoms with Gasteiger partial charge in [-0.05, 0) is 6.07 Å². The summed E-state index contributed by atoms with van der Waals surface area (Å²) in [5.41, 5.74) is -1.66. The summed E-state index contributed by atoms with van der Waals surface area (Å²) < 4.78 is 10.8. The van der Waals surface area contributed by atoms with Crippen molar-refractivity contribution >= 4 is 73.3 Å². The minimum atomic E-state index is -1.81. The SMILES string of the molecule is O=c1c2cc(O)c(O)cc2oc2cc(O)c([C@@H]3O[C@H](CO)[C@@H](O)[C@H](O)[C@H]3O)c(O)c12.[KH]. The number of aromatic hydroxyl groups is 4. The number of benzene rings is 2. The minimum absolute atomic E-state index is 0. The standard InChI is InChI=1S/C19H18O11.K.H/c20-4-11-15(25)17(27)18(28)19(30-11)12-8(23)3-10-13(16(12)26)14(24)5-1-6(21)7(22)2-9(5)29-10;;/h1-3,11,15,17-23,25-28H,4H2;;/t11-,15-,17+,18-,19+;;/m1../s1. The van der Waals surface area contributed by atoms with Crippen LogP contribution in [0, 0.1) is 0 Å². The van der Waals surface area contributed by atoms with Crippen molar-refractivity contribution < 1.29 is 50.0 Å². The molecule has 1 aromatic heterocycles. The van der Waals surface area contributed by atoms with Gasteiger partial charge in [0.15, 0.2) is 11.5 Å². The molecule has 2 heterocycles. The van der Waals surface area contributed by atoms with Crippen LogP contribution in [0.3, 0.4) is 0 Å². The summed E-state index contributed by atoms with van der Waals surface area (Å²) >= 11 is 0. The van der Waals surface area contributed by atoms with Crippen LogP contribution in [0.1, 0.15) is 11.7 Å². The van der Waals surface area contributed by atoms with Crippen molar-refractivity contribution in [2.75, 3.05) is 6.61 Å². The number of fused-ring (bicyclic) bond motifs is 2. The topological polar surface area (TPSA) is 201 Å². The van der Waals surface area contributed by atoms with Crippen LogP contribution in [0.2, 0.25) is 0 Å². The van der Waals surface area contributed by atoms with Gasteiger partial charge in [-0.2, -0.15) is 0 Å². The number of hydrogen-bond donors (Lipinski definition) is 8. The normalized spacial score (nSPS) is 26.1. The van der Waals surface area contributed by atoms with E-state index >= 15 is 0 Å². The molecule has 1 aliphatic heterocycles. The fourth-order valence-electron chi connectivity index (χ4n) is 3.64. The van der Waals surface area contributed by atoms with Gasteiger partial charge in [0, 0.05) is 12.1 Å². The summed E-state index contributed by atoms with van der Waals surface area (Å²) in [6.45, 7) is -0.730. The monoisotopic (exact) mass is 462 g/mol. The van der Waals surface area contributed by atoms with Gasteiger partial charge < -0.3 is 50.0 Å². The van der Waals surface area contributed by atoms with Gasteiger partial charge in [-0.25, -0.2) is 0 Å². The third-order valence-corrected chi connectivity index (χ3v) is 5.23. The van der Waals surface area contributed by atoms with Gasteiger partial charge in [0.1, 0.15) is 58.6 Å². The molecular weight excluding hydrogens is 443 g/mol. The maximum atomic E-state index is 12.9. The Morgan fingerprint density at radius 1 is 0.839 bits per heavy atom. The quantitative estimate of drug-likeness (QED) is 0.127. The zero-order valence-electron chi connectivity index (χ0n) is 15.1. The Kier molecular flexibility index (Phi) is 6.89. The molecule has 5 atom stereocenters. The van der Waals surface area contributed by atoms with Gasteiger partial charge in [-0.3, -0.25) is 4.79 Å². The molecule has 1 saturated heterocycles. The van der Waals surface area contributed by atoms with E-state index < -0.39 is 76.5 Å². The number of aliphatic hydroxyl groups excluding tert-OH is 4. The zero-order valence-corrected chi connectivity index (χ0v) is 15.1. The van der Waals surface area contributed by atoms with E-state index in [0.717, 1.165) is 18.2 Å². The van der Waals surface area contributed by atoms with Crippen LogP contribution in [0.4, 0.5) is 0 Å². The van der Waals surface area contributed by atoms with Crippen LogP contribution >= 0.6 is 0 Å². The fraction of sp³-hybridized carbons (Fsp3) is 0.316. The molecule has 31 heavy (non-hydrogen) atoms. The Labute approximate surface area is 215 Å². The second-order valence-corrected chi connectivity index (χ2v) is 7.05. The molecule has 4 rings (SSSR count). The first-order valence-electron chi connectivity index (χ1n) is 8.83. The summed E-state index contributed by atoms with van der Waals surface area (Å²) in [6.07, 6.45) is -8.16. The molecule has 0 radical (unpaired) electrons. The van der Waals surface area contributed by atoms with E-state index in [1.807, 2.05) is 0 Å². The average Bonchev–Trinajstić information content (AvgIpc) is 2.69. The first kappa shape index (κ1) is 24.2. The molecule has 0 saturated carbocycles. The first-order chi connectivity index (χ1) is 14.1. The molecule has 0 amide bonds. The molecule has 1 aliphatic rings. The van der Waals surface area contributed by atoms with Crippen molar-refractivity contribution in [2.45, 2.75) is 30.5 Å². The Balaban J connectivity index is 0.00000272. The molecular formula is C19H19KO11. The van der Waals surface area contributed by atoms with Gasteiger partial charge in [0.25, 0.3) is 0 Å². The van der Waals surface area contributed by atoms with Crippen LogP contribution in [0.25, 0.3) is 21.9 Å². The van der Waals surface area contributed by atoms with Crippen LogP contribution in [0.15, 0.2) is 27.4 Å². The Hall–Kier alpha value is -1.45. The third kappa shape index (κ3) is 3.82. The molecule has 12 heteroatoms. The Morgan fingerprint density at radius 2 is 1.45 bits per heavy atom. The van der Waals surface area contributed by atoms with Crippen LogP contribution in [0.5, 0.6) is 23.0 Å². The van der Waals surface area contributed by atoms with Crippen LogP contribution < -0.4 is 5.43 Å². The van der Waals surface area contributed by atoms with E-state index in [9.17, 15) is 45.6 Å². The van der Waals surface area contributed by atoms with E-state index in [1.54, 1.807) is 0 Å². The number of ether oxygens (including phenoxy) is 1. The van der Waals surface area contributed by atoms with Crippen LogP contribution in [-0.4, -0.2) is 123 Å². The van der Waals surface area contributed by atoms with Crippen LogP contribution in [-0.2, 0) is 4.74 Å². The van der Waals surface area contributed by atoms with E-state index in [0.29, 0.717) is 0 Å². The predicted octanol–water partition coefficient (Wildman–Crippen LogP) is -1.37. The molecule has 3 aromatic rings. The number of aliphatic hydroxyl groups is 4. The number of rotatable bonds is 2. The summed E-state index contributed by atoms with van der Waals surface area (Å²) in [7, 11) is 0. The first-order valence-corrected chi connectivity index (χ1v) is 8.83. The van der Waals surface area contributed by atoms with Crippen molar-refractivity contribution in [3.8, 4) is 23.0 Å². The molecule has 8 N–H and O–H groups in total. The maximum absolute atomic E-state index is 12.9. The van der Waals surface area contributed by atoms with E-state index in [-0.39, 0.29) is 67.9 Å². The van der Waals surface area contributed by atoms with Crippen molar-refractivity contribution in [1.29, 1.82) is 0 Å². The van der Waals surface area contributed by atoms with Gasteiger partial charge >= 0.3 is 51.4 Å². The van der Waals surface area contributed by atoms with Gasteiger partial charge in [-0.15, -0.1) is 0 Å². The number of phenolic OH excluding ortho intramolecular Hbond substituents is 4. The van der Waals surface area contributed by atoms with Crippen molar-refractivity contribution in [1.82, 2.24) is 0 Å². The number of hydrogen-bond acceptors (Lipinski definition) is 11. The molecule has 0 spiro atoms. The summed E-state index contributed by atoms with van der Waals surface area (Å²) in [5.74, 6) is -2.62. The Bertz CT molecular complexity index is 1210. The summed E-state index contributed by atoms with van der Waals surface area (Å²) in [4.78, 5) is 12.9. The van der Waals surface area contributed by atoms with E-state index in [1.165, 1.54) is 0 Å². The molecule has 2 aromatic carbocycles. The fourth-order valence-corrected chi connectivity index (χ4v) is 3.64. The van der Waals surface area contributed by atoms with E-state index in [4.69, 9.17) is 9.15 Å². The third-order valence-electron chi connectivity index (χ3n) is 5.23.